The maximum absolute atomic E-state index is 4.68. The molecule has 0 fully saturated rings. The van der Waals surface area contributed by atoms with Gasteiger partial charge in [0.15, 0.2) is 0 Å². The highest BCUT2D eigenvalue weighted by molar-refractivity contribution is 5.83. The third-order valence-electron chi connectivity index (χ3n) is 8.98. The summed E-state index contributed by atoms with van der Waals surface area (Å²) in [5.74, 6) is 2.49. The molecule has 0 unspecified atom stereocenters. The molecule has 0 aliphatic heterocycles. The van der Waals surface area contributed by atoms with Crippen LogP contribution in [0.5, 0.6) is 0 Å². The molecule has 0 aliphatic carbocycles. The number of nitrogens with zero attached hydrogens (tertiary/aromatic N) is 4. The molecule has 0 atom stereocenters. The first-order valence-electron chi connectivity index (χ1n) is 17.2. The van der Waals surface area contributed by atoms with E-state index in [0.29, 0.717) is 0 Å². The predicted molar refractivity (Wildman–Crippen MR) is 216 cm³/mol. The van der Waals surface area contributed by atoms with Gasteiger partial charge < -0.3 is 19.9 Å². The van der Waals surface area contributed by atoms with Crippen LogP contribution in [0, 0.1) is 0 Å². The number of fused-ring (bicyclic) bond motifs is 3. The third kappa shape index (κ3) is 6.54. The monoisotopic (exact) mass is 671 g/mol. The van der Waals surface area contributed by atoms with Crippen molar-refractivity contribution in [3.63, 3.8) is 0 Å². The fraction of sp³-hybridized carbons (Fsp3) is 0. The molecule has 0 aliphatic rings. The van der Waals surface area contributed by atoms with Gasteiger partial charge in [0.1, 0.15) is 17.5 Å². The topological polar surface area (TPSA) is 89.3 Å². The first kappa shape index (κ1) is 30.8. The van der Waals surface area contributed by atoms with Gasteiger partial charge >= 0.3 is 0 Å². The molecule has 0 saturated heterocycles. The number of aromatic nitrogens is 6. The minimum absolute atomic E-state index is 0.829. The SMILES string of the molecule is C(=C\c1nc2ccccc2[nH]1)/c1ccc(N(c2ccc(/C=C/c3nc4ccccc4[nH]3)cc2)c2ccc(/C=C/c3nc4ccccc4[nH]3)cc2)cc1. The molecule has 52 heavy (non-hydrogen) atoms. The molecular weight excluding hydrogens is 639 g/mol. The smallest absolute Gasteiger partial charge is 0.131 e. The molecule has 3 aromatic heterocycles. The zero-order chi connectivity index (χ0) is 34.7. The number of nitrogens with one attached hydrogen (secondary N) is 3. The Bertz CT molecular complexity index is 2320. The van der Waals surface area contributed by atoms with E-state index in [4.69, 9.17) is 0 Å². The van der Waals surface area contributed by atoms with Gasteiger partial charge in [0.25, 0.3) is 0 Å². The minimum atomic E-state index is 0.829. The minimum Gasteiger partial charge on any atom is -0.338 e. The highest BCUT2D eigenvalue weighted by atomic mass is 15.1. The molecule has 9 aromatic rings. The van der Waals surface area contributed by atoms with Crippen LogP contribution >= 0.6 is 0 Å². The van der Waals surface area contributed by atoms with Crippen LogP contribution in [0.15, 0.2) is 146 Å². The van der Waals surface area contributed by atoms with Crippen LogP contribution in [0.25, 0.3) is 69.6 Å². The molecular formula is C45H33N7. The maximum Gasteiger partial charge on any atom is 0.131 e. The zero-order valence-corrected chi connectivity index (χ0v) is 28.1. The standard InChI is InChI=1S/C45H33N7/c1-2-8-38-37(7-1)46-43(47-38)28-19-31-13-22-34(23-14-31)52(35-24-15-32(16-25-35)20-29-44-48-39-9-3-4-10-40(39)49-44)36-26-17-33(18-27-36)21-30-45-50-41-11-5-6-12-42(41)51-45/h1-30H,(H,46,47)(H,48,49)(H,50,51)/b28-19+,29-20+,30-21+. The van der Waals surface area contributed by atoms with Gasteiger partial charge in [-0.1, -0.05) is 91.0 Å². The molecule has 7 heteroatoms. The second kappa shape index (κ2) is 13.6. The van der Waals surface area contributed by atoms with Crippen LogP contribution in [0.3, 0.4) is 0 Å². The van der Waals surface area contributed by atoms with Crippen molar-refractivity contribution in [3.8, 4) is 0 Å². The highest BCUT2D eigenvalue weighted by Crippen LogP contribution is 2.35. The van der Waals surface area contributed by atoms with E-state index < -0.39 is 0 Å². The fourth-order valence-corrected chi connectivity index (χ4v) is 6.33. The highest BCUT2D eigenvalue weighted by Gasteiger charge is 2.13. The summed E-state index contributed by atoms with van der Waals surface area (Å²) in [7, 11) is 0. The summed E-state index contributed by atoms with van der Waals surface area (Å²) in [6.07, 6.45) is 12.3. The van der Waals surface area contributed by atoms with Gasteiger partial charge in [0, 0.05) is 17.1 Å². The quantitative estimate of drug-likeness (QED) is 0.142. The molecule has 3 N–H and O–H groups in total. The van der Waals surface area contributed by atoms with Gasteiger partial charge in [-0.3, -0.25) is 0 Å². The van der Waals surface area contributed by atoms with Crippen LogP contribution in [-0.2, 0) is 0 Å². The number of H-pyrrole nitrogens is 3. The van der Waals surface area contributed by atoms with Crippen LogP contribution < -0.4 is 4.90 Å². The summed E-state index contributed by atoms with van der Waals surface area (Å²) in [5, 5.41) is 0. The van der Waals surface area contributed by atoms with Crippen molar-refractivity contribution in [3.05, 3.63) is 180 Å². The Labute approximate surface area is 300 Å². The van der Waals surface area contributed by atoms with Crippen molar-refractivity contribution in [1.29, 1.82) is 0 Å². The average molecular weight is 672 g/mol. The Morgan fingerprint density at radius 3 is 0.904 bits per heavy atom. The number of rotatable bonds is 9. The molecule has 6 aromatic carbocycles. The second-order valence-electron chi connectivity index (χ2n) is 12.5. The Morgan fingerprint density at radius 2 is 0.615 bits per heavy atom. The molecule has 0 radical (unpaired) electrons. The Balaban J connectivity index is 0.989. The number of hydrogen-bond acceptors (Lipinski definition) is 4. The lowest BCUT2D eigenvalue weighted by Gasteiger charge is -2.26. The normalized spacial score (nSPS) is 12.0. The summed E-state index contributed by atoms with van der Waals surface area (Å²) >= 11 is 0. The van der Waals surface area contributed by atoms with E-state index in [0.717, 1.165) is 84.3 Å². The summed E-state index contributed by atoms with van der Waals surface area (Å²) in [4.78, 5) is 26.4. The lowest BCUT2D eigenvalue weighted by Crippen LogP contribution is -2.09. The first-order valence-corrected chi connectivity index (χ1v) is 17.2. The summed E-state index contributed by atoms with van der Waals surface area (Å²) in [6, 6.07) is 49.9. The van der Waals surface area contributed by atoms with Crippen molar-refractivity contribution in [2.24, 2.45) is 0 Å². The maximum atomic E-state index is 4.68. The van der Waals surface area contributed by atoms with Gasteiger partial charge in [0.2, 0.25) is 0 Å². The van der Waals surface area contributed by atoms with E-state index in [1.165, 1.54) is 0 Å². The van der Waals surface area contributed by atoms with Gasteiger partial charge in [-0.05, 0) is 108 Å². The fourth-order valence-electron chi connectivity index (χ4n) is 6.33. The van der Waals surface area contributed by atoms with Crippen LogP contribution in [0.4, 0.5) is 17.1 Å². The van der Waals surface area contributed by atoms with Gasteiger partial charge in [0.05, 0.1) is 33.1 Å². The molecule has 7 nitrogen and oxygen atoms in total. The summed E-state index contributed by atoms with van der Waals surface area (Å²) in [5.41, 5.74) is 12.4. The number of para-hydroxylation sites is 6. The number of aromatic amines is 3. The van der Waals surface area contributed by atoms with Crippen molar-refractivity contribution >= 4 is 86.6 Å². The summed E-state index contributed by atoms with van der Waals surface area (Å²) < 4.78 is 0. The lowest BCUT2D eigenvalue weighted by molar-refractivity contribution is 1.28. The predicted octanol–water partition coefficient (Wildman–Crippen LogP) is 11.3. The molecule has 0 spiro atoms. The number of anilines is 3. The number of imidazole rings is 3. The van der Waals surface area contributed by atoms with E-state index in [2.05, 4.69) is 126 Å². The van der Waals surface area contributed by atoms with Crippen LogP contribution in [-0.4, -0.2) is 29.9 Å². The van der Waals surface area contributed by atoms with Crippen LogP contribution in [0.1, 0.15) is 34.2 Å². The van der Waals surface area contributed by atoms with Gasteiger partial charge in [-0.25, -0.2) is 15.0 Å². The molecule has 9 rings (SSSR count). The van der Waals surface area contributed by atoms with E-state index in [9.17, 15) is 0 Å². The molecule has 0 saturated carbocycles. The van der Waals surface area contributed by atoms with Crippen molar-refractivity contribution in [1.82, 2.24) is 29.9 Å². The van der Waals surface area contributed by atoms with Crippen LogP contribution in [0.2, 0.25) is 0 Å². The Hall–Kier alpha value is -7.25. The van der Waals surface area contributed by atoms with Crippen molar-refractivity contribution in [2.75, 3.05) is 4.90 Å². The molecule has 0 amide bonds. The van der Waals surface area contributed by atoms with Crippen molar-refractivity contribution in [2.45, 2.75) is 0 Å². The third-order valence-corrected chi connectivity index (χ3v) is 8.98. The van der Waals surface area contributed by atoms with Crippen molar-refractivity contribution < 1.29 is 0 Å². The van der Waals surface area contributed by atoms with E-state index in [-0.39, 0.29) is 0 Å². The first-order chi connectivity index (χ1) is 25.7. The summed E-state index contributed by atoms with van der Waals surface area (Å²) in [6.45, 7) is 0. The van der Waals surface area contributed by atoms with E-state index in [1.54, 1.807) is 0 Å². The van der Waals surface area contributed by atoms with E-state index >= 15 is 0 Å². The second-order valence-corrected chi connectivity index (χ2v) is 12.5. The van der Waals surface area contributed by atoms with Gasteiger partial charge in [-0.2, -0.15) is 0 Å². The molecule has 248 valence electrons. The molecule has 0 bridgehead atoms. The van der Waals surface area contributed by atoms with Gasteiger partial charge in [-0.15, -0.1) is 0 Å². The lowest BCUT2D eigenvalue weighted by atomic mass is 10.1. The number of benzene rings is 6. The largest absolute Gasteiger partial charge is 0.338 e. The average Bonchev–Trinajstić information content (AvgIpc) is 3.93. The zero-order valence-electron chi connectivity index (χ0n) is 28.1. The molecule has 3 heterocycles. The van der Waals surface area contributed by atoms with E-state index in [1.807, 2.05) is 91.0 Å². The Kier molecular flexibility index (Phi) is 8.04. The number of hydrogen-bond donors (Lipinski definition) is 3. The Morgan fingerprint density at radius 1 is 0.327 bits per heavy atom.